The van der Waals surface area contributed by atoms with E-state index in [0.717, 1.165) is 19.5 Å². The van der Waals surface area contributed by atoms with Crippen LogP contribution in [-0.4, -0.2) is 28.3 Å². The SMILES string of the molecule is CN(CCC(C)(C)C#N)Cc1cnn(C)c1. The summed E-state index contributed by atoms with van der Waals surface area (Å²) >= 11 is 0. The van der Waals surface area contributed by atoms with E-state index >= 15 is 0 Å². The van der Waals surface area contributed by atoms with Crippen LogP contribution in [-0.2, 0) is 13.6 Å². The van der Waals surface area contributed by atoms with Crippen LogP contribution in [0.25, 0.3) is 0 Å². The van der Waals surface area contributed by atoms with Crippen molar-refractivity contribution in [2.75, 3.05) is 13.6 Å². The molecule has 0 aliphatic heterocycles. The highest BCUT2D eigenvalue weighted by atomic mass is 15.2. The Hall–Kier alpha value is -1.34. The van der Waals surface area contributed by atoms with E-state index in [-0.39, 0.29) is 5.41 Å². The minimum atomic E-state index is -0.233. The summed E-state index contributed by atoms with van der Waals surface area (Å²) < 4.78 is 1.81. The van der Waals surface area contributed by atoms with E-state index in [2.05, 4.69) is 23.1 Å². The molecule has 1 rings (SSSR count). The maximum absolute atomic E-state index is 8.92. The Morgan fingerprint density at radius 3 is 2.75 bits per heavy atom. The number of rotatable bonds is 5. The largest absolute Gasteiger partial charge is 0.302 e. The molecule has 0 fully saturated rings. The lowest BCUT2D eigenvalue weighted by Crippen LogP contribution is -2.23. The summed E-state index contributed by atoms with van der Waals surface area (Å²) in [5.41, 5.74) is 0.975. The van der Waals surface area contributed by atoms with Crippen molar-refractivity contribution in [2.24, 2.45) is 12.5 Å². The van der Waals surface area contributed by atoms with Gasteiger partial charge in [-0.25, -0.2) is 0 Å². The fourth-order valence-electron chi connectivity index (χ4n) is 1.47. The lowest BCUT2D eigenvalue weighted by Gasteiger charge is -2.21. The van der Waals surface area contributed by atoms with Crippen molar-refractivity contribution in [3.05, 3.63) is 18.0 Å². The quantitative estimate of drug-likeness (QED) is 0.760. The van der Waals surface area contributed by atoms with Crippen molar-refractivity contribution in [3.63, 3.8) is 0 Å². The first-order valence-corrected chi connectivity index (χ1v) is 5.50. The van der Waals surface area contributed by atoms with E-state index in [1.165, 1.54) is 5.56 Å². The highest BCUT2D eigenvalue weighted by molar-refractivity contribution is 5.03. The van der Waals surface area contributed by atoms with Crippen molar-refractivity contribution in [3.8, 4) is 6.07 Å². The minimum absolute atomic E-state index is 0.233. The van der Waals surface area contributed by atoms with E-state index in [0.29, 0.717) is 0 Å². The molecule has 0 aromatic carbocycles. The van der Waals surface area contributed by atoms with Gasteiger partial charge in [0.2, 0.25) is 0 Å². The smallest absolute Gasteiger partial charge is 0.0684 e. The van der Waals surface area contributed by atoms with Crippen molar-refractivity contribution in [2.45, 2.75) is 26.8 Å². The Balaban J connectivity index is 2.37. The van der Waals surface area contributed by atoms with Crippen LogP contribution in [0.1, 0.15) is 25.8 Å². The van der Waals surface area contributed by atoms with E-state index < -0.39 is 0 Å². The van der Waals surface area contributed by atoms with E-state index in [4.69, 9.17) is 5.26 Å². The second kappa shape index (κ2) is 5.13. The molecule has 0 bridgehead atoms. The lowest BCUT2D eigenvalue weighted by atomic mass is 9.91. The van der Waals surface area contributed by atoms with Crippen LogP contribution < -0.4 is 0 Å². The third kappa shape index (κ3) is 4.03. The van der Waals surface area contributed by atoms with Crippen LogP contribution >= 0.6 is 0 Å². The molecule has 0 spiro atoms. The lowest BCUT2D eigenvalue weighted by molar-refractivity contribution is 0.280. The Kier molecular flexibility index (Phi) is 4.08. The Morgan fingerprint density at radius 1 is 1.56 bits per heavy atom. The van der Waals surface area contributed by atoms with Crippen LogP contribution in [0.4, 0.5) is 0 Å². The number of nitrogens with zero attached hydrogens (tertiary/aromatic N) is 4. The Labute approximate surface area is 97.5 Å². The zero-order valence-corrected chi connectivity index (χ0v) is 10.6. The minimum Gasteiger partial charge on any atom is -0.302 e. The highest BCUT2D eigenvalue weighted by Gasteiger charge is 2.17. The van der Waals surface area contributed by atoms with E-state index in [9.17, 15) is 0 Å². The van der Waals surface area contributed by atoms with Gasteiger partial charge in [-0.15, -0.1) is 0 Å². The molecular formula is C12H20N4. The molecule has 1 aromatic rings. The highest BCUT2D eigenvalue weighted by Crippen LogP contribution is 2.18. The van der Waals surface area contributed by atoms with Crippen LogP contribution in [0.5, 0.6) is 0 Å². The fourth-order valence-corrected chi connectivity index (χ4v) is 1.47. The van der Waals surface area contributed by atoms with Crippen molar-refractivity contribution < 1.29 is 0 Å². The average molecular weight is 220 g/mol. The summed E-state index contributed by atoms with van der Waals surface area (Å²) in [7, 11) is 3.99. The summed E-state index contributed by atoms with van der Waals surface area (Å²) in [4.78, 5) is 2.22. The third-order valence-corrected chi connectivity index (χ3v) is 2.63. The molecule has 0 atom stereocenters. The first kappa shape index (κ1) is 12.7. The van der Waals surface area contributed by atoms with Gasteiger partial charge in [0.1, 0.15) is 0 Å². The maximum Gasteiger partial charge on any atom is 0.0684 e. The van der Waals surface area contributed by atoms with Crippen LogP contribution in [0, 0.1) is 16.7 Å². The summed E-state index contributed by atoms with van der Waals surface area (Å²) in [5, 5.41) is 13.1. The maximum atomic E-state index is 8.92. The molecule has 0 amide bonds. The van der Waals surface area contributed by atoms with Gasteiger partial charge in [0.15, 0.2) is 0 Å². The van der Waals surface area contributed by atoms with Gasteiger partial charge in [0.25, 0.3) is 0 Å². The van der Waals surface area contributed by atoms with Gasteiger partial charge in [-0.05, 0) is 33.9 Å². The molecule has 0 saturated heterocycles. The number of hydrogen-bond donors (Lipinski definition) is 0. The molecular weight excluding hydrogens is 200 g/mol. The first-order valence-electron chi connectivity index (χ1n) is 5.50. The van der Waals surface area contributed by atoms with E-state index in [1.54, 1.807) is 0 Å². The number of nitriles is 1. The van der Waals surface area contributed by atoms with Crippen LogP contribution in [0.3, 0.4) is 0 Å². The number of aromatic nitrogens is 2. The molecule has 0 unspecified atom stereocenters. The summed E-state index contributed by atoms with van der Waals surface area (Å²) in [6, 6.07) is 2.32. The molecule has 0 N–H and O–H groups in total. The summed E-state index contributed by atoms with van der Waals surface area (Å²) in [6.07, 6.45) is 4.79. The van der Waals surface area contributed by atoms with Crippen LogP contribution in [0.15, 0.2) is 12.4 Å². The third-order valence-electron chi connectivity index (χ3n) is 2.63. The van der Waals surface area contributed by atoms with Crippen molar-refractivity contribution in [1.82, 2.24) is 14.7 Å². The number of aryl methyl sites for hydroxylation is 1. The van der Waals surface area contributed by atoms with Crippen molar-refractivity contribution in [1.29, 1.82) is 5.26 Å². The van der Waals surface area contributed by atoms with Gasteiger partial charge < -0.3 is 4.90 Å². The normalized spacial score (nSPS) is 11.8. The topological polar surface area (TPSA) is 44.9 Å². The van der Waals surface area contributed by atoms with Crippen molar-refractivity contribution >= 4 is 0 Å². The molecule has 0 aliphatic carbocycles. The Bertz CT molecular complexity index is 373. The molecule has 16 heavy (non-hydrogen) atoms. The molecule has 1 heterocycles. The molecule has 0 saturated carbocycles. The molecule has 88 valence electrons. The second-order valence-electron chi connectivity index (χ2n) is 5.01. The van der Waals surface area contributed by atoms with Gasteiger partial charge in [0, 0.05) is 25.4 Å². The molecule has 0 aliphatic rings. The van der Waals surface area contributed by atoms with Crippen LogP contribution in [0.2, 0.25) is 0 Å². The zero-order chi connectivity index (χ0) is 12.2. The van der Waals surface area contributed by atoms with E-state index in [1.807, 2.05) is 38.0 Å². The zero-order valence-electron chi connectivity index (χ0n) is 10.6. The van der Waals surface area contributed by atoms with Gasteiger partial charge in [0.05, 0.1) is 17.7 Å². The predicted molar refractivity (Wildman–Crippen MR) is 63.6 cm³/mol. The first-order chi connectivity index (χ1) is 7.43. The summed E-state index contributed by atoms with van der Waals surface area (Å²) in [6.45, 7) is 5.76. The Morgan fingerprint density at radius 2 is 2.25 bits per heavy atom. The van der Waals surface area contributed by atoms with Gasteiger partial charge in [-0.1, -0.05) is 0 Å². The second-order valence-corrected chi connectivity index (χ2v) is 5.01. The van der Waals surface area contributed by atoms with Gasteiger partial charge in [-0.3, -0.25) is 4.68 Å². The molecule has 4 heteroatoms. The molecule has 1 aromatic heterocycles. The van der Waals surface area contributed by atoms with Gasteiger partial charge >= 0.3 is 0 Å². The predicted octanol–water partition coefficient (Wildman–Crippen LogP) is 1.79. The molecule has 4 nitrogen and oxygen atoms in total. The average Bonchev–Trinajstić information content (AvgIpc) is 2.61. The number of hydrogen-bond acceptors (Lipinski definition) is 3. The fraction of sp³-hybridized carbons (Fsp3) is 0.667. The standard InChI is InChI=1S/C12H20N4/c1-12(2,10-13)5-6-15(3)8-11-7-14-16(4)9-11/h7,9H,5-6,8H2,1-4H3. The molecule has 0 radical (unpaired) electrons. The summed E-state index contributed by atoms with van der Waals surface area (Å²) in [5.74, 6) is 0. The van der Waals surface area contributed by atoms with Gasteiger partial charge in [-0.2, -0.15) is 10.4 Å². The monoisotopic (exact) mass is 220 g/mol.